The minimum Gasteiger partial charge on any atom is -0.427 e. The van der Waals surface area contributed by atoms with Crippen molar-refractivity contribution in [2.24, 2.45) is 16.5 Å². The van der Waals surface area contributed by atoms with Gasteiger partial charge in [0.2, 0.25) is 6.79 Å². The first-order valence-corrected chi connectivity index (χ1v) is 11.9. The number of esters is 1. The van der Waals surface area contributed by atoms with Gasteiger partial charge in [0.15, 0.2) is 0 Å². The van der Waals surface area contributed by atoms with Crippen LogP contribution in [0.25, 0.3) is 0 Å². The average Bonchev–Trinajstić information content (AvgIpc) is 3.58. The van der Waals surface area contributed by atoms with Crippen molar-refractivity contribution < 1.29 is 28.7 Å². The standard InChI is InChI=1S/C25H32N6O6/c1-5-31(25(35)37-12-36-24(34)15(4)26)23(33)18-11-28-20(14(18)3)21(27)30-19-10-16(7-6-13(19)2)22(32)29-17-8-9-17/h6-7,10-11,15,17,28H,5,8-9,12,26H2,1-4H3,(H2,27,30)(H,29,32). The minimum atomic E-state index is -0.981. The number of H-pyrrole nitrogens is 1. The first kappa shape index (κ1) is 27.4. The zero-order valence-electron chi connectivity index (χ0n) is 21.3. The molecular weight excluding hydrogens is 480 g/mol. The van der Waals surface area contributed by atoms with Gasteiger partial charge >= 0.3 is 12.1 Å². The number of amidine groups is 1. The van der Waals surface area contributed by atoms with Crippen LogP contribution in [0.15, 0.2) is 29.4 Å². The molecule has 1 heterocycles. The highest BCUT2D eigenvalue weighted by molar-refractivity contribution is 6.07. The molecule has 3 rings (SSSR count). The number of nitrogens with one attached hydrogen (secondary N) is 2. The number of ether oxygens (including phenoxy) is 2. The molecule has 1 saturated carbocycles. The third-order valence-corrected chi connectivity index (χ3v) is 5.79. The van der Waals surface area contributed by atoms with Crippen molar-refractivity contribution >= 4 is 35.4 Å². The molecule has 0 saturated heterocycles. The number of rotatable bonds is 9. The Bertz CT molecular complexity index is 1230. The summed E-state index contributed by atoms with van der Waals surface area (Å²) in [6.07, 6.45) is 2.41. The number of hydrogen-bond acceptors (Lipinski definition) is 8. The second kappa shape index (κ2) is 11.7. The summed E-state index contributed by atoms with van der Waals surface area (Å²) < 4.78 is 9.60. The van der Waals surface area contributed by atoms with Crippen molar-refractivity contribution in [1.29, 1.82) is 0 Å². The van der Waals surface area contributed by atoms with Crippen molar-refractivity contribution in [3.63, 3.8) is 0 Å². The molecule has 0 radical (unpaired) electrons. The van der Waals surface area contributed by atoms with E-state index in [-0.39, 0.29) is 29.9 Å². The Labute approximate surface area is 214 Å². The monoisotopic (exact) mass is 512 g/mol. The number of nitrogens with zero attached hydrogens (tertiary/aromatic N) is 2. The number of aromatic nitrogens is 1. The van der Waals surface area contributed by atoms with Crippen LogP contribution >= 0.6 is 0 Å². The van der Waals surface area contributed by atoms with Crippen molar-refractivity contribution in [2.45, 2.75) is 52.6 Å². The Balaban J connectivity index is 1.75. The number of nitrogens with two attached hydrogens (primary N) is 2. The molecule has 0 aliphatic heterocycles. The zero-order chi connectivity index (χ0) is 27.3. The number of amides is 3. The number of imide groups is 1. The summed E-state index contributed by atoms with van der Waals surface area (Å²) in [7, 11) is 0. The van der Waals surface area contributed by atoms with E-state index in [4.69, 9.17) is 20.9 Å². The van der Waals surface area contributed by atoms with E-state index in [1.54, 1.807) is 32.0 Å². The highest BCUT2D eigenvalue weighted by atomic mass is 16.7. The molecule has 1 fully saturated rings. The Hall–Kier alpha value is -4.19. The predicted molar refractivity (Wildman–Crippen MR) is 135 cm³/mol. The molecule has 37 heavy (non-hydrogen) atoms. The van der Waals surface area contributed by atoms with Crippen LogP contribution in [0.2, 0.25) is 0 Å². The van der Waals surface area contributed by atoms with Gasteiger partial charge in [0.25, 0.3) is 11.8 Å². The maximum atomic E-state index is 13.1. The lowest BCUT2D eigenvalue weighted by molar-refractivity contribution is -0.153. The molecule has 1 atom stereocenters. The molecule has 12 nitrogen and oxygen atoms in total. The fraction of sp³-hybridized carbons (Fsp3) is 0.400. The number of aromatic amines is 1. The molecule has 1 aliphatic carbocycles. The molecule has 12 heteroatoms. The van der Waals surface area contributed by atoms with Crippen LogP contribution in [0.1, 0.15) is 64.2 Å². The van der Waals surface area contributed by atoms with E-state index in [2.05, 4.69) is 15.3 Å². The van der Waals surface area contributed by atoms with Crippen molar-refractivity contribution in [3.05, 3.63) is 52.3 Å². The molecular formula is C25H32N6O6. The summed E-state index contributed by atoms with van der Waals surface area (Å²) in [6, 6.07) is 4.54. The highest BCUT2D eigenvalue weighted by Crippen LogP contribution is 2.24. The summed E-state index contributed by atoms with van der Waals surface area (Å²) in [5.41, 5.74) is 14.5. The predicted octanol–water partition coefficient (Wildman–Crippen LogP) is 2.01. The lowest BCUT2D eigenvalue weighted by atomic mass is 10.1. The fourth-order valence-corrected chi connectivity index (χ4v) is 3.39. The number of carbonyl (C=O) groups is 4. The lowest BCUT2D eigenvalue weighted by Gasteiger charge is -2.18. The van der Waals surface area contributed by atoms with Gasteiger partial charge < -0.3 is 31.2 Å². The van der Waals surface area contributed by atoms with Gasteiger partial charge in [0.1, 0.15) is 11.9 Å². The van der Waals surface area contributed by atoms with Gasteiger partial charge in [-0.3, -0.25) is 14.4 Å². The largest absolute Gasteiger partial charge is 0.427 e. The summed E-state index contributed by atoms with van der Waals surface area (Å²) in [6.45, 7) is 5.88. The van der Waals surface area contributed by atoms with Gasteiger partial charge in [-0.05, 0) is 63.8 Å². The van der Waals surface area contributed by atoms with E-state index in [9.17, 15) is 19.2 Å². The van der Waals surface area contributed by atoms with Gasteiger partial charge in [0, 0.05) is 24.3 Å². The first-order chi connectivity index (χ1) is 17.5. The quantitative estimate of drug-likeness (QED) is 0.170. The van der Waals surface area contributed by atoms with Crippen LogP contribution in [0.3, 0.4) is 0 Å². The number of hydrogen-bond donors (Lipinski definition) is 4. The number of carbonyl (C=O) groups excluding carboxylic acids is 4. The van der Waals surface area contributed by atoms with Gasteiger partial charge in [-0.2, -0.15) is 0 Å². The maximum Gasteiger partial charge on any atom is 0.419 e. The van der Waals surface area contributed by atoms with Gasteiger partial charge in [-0.15, -0.1) is 0 Å². The Morgan fingerprint density at radius 1 is 1.22 bits per heavy atom. The number of benzene rings is 1. The molecule has 6 N–H and O–H groups in total. The zero-order valence-corrected chi connectivity index (χ0v) is 21.3. The van der Waals surface area contributed by atoms with E-state index >= 15 is 0 Å². The Morgan fingerprint density at radius 2 is 1.92 bits per heavy atom. The third-order valence-electron chi connectivity index (χ3n) is 5.79. The van der Waals surface area contributed by atoms with E-state index in [1.807, 2.05) is 6.92 Å². The van der Waals surface area contributed by atoms with Crippen LogP contribution in [0.5, 0.6) is 0 Å². The highest BCUT2D eigenvalue weighted by Gasteiger charge is 2.27. The van der Waals surface area contributed by atoms with E-state index in [0.717, 1.165) is 23.3 Å². The second-order valence-electron chi connectivity index (χ2n) is 8.78. The van der Waals surface area contributed by atoms with E-state index in [1.165, 1.54) is 13.1 Å². The van der Waals surface area contributed by atoms with Crippen molar-refractivity contribution in [3.8, 4) is 0 Å². The van der Waals surface area contributed by atoms with Crippen LogP contribution in [0, 0.1) is 13.8 Å². The molecule has 1 aromatic heterocycles. The summed E-state index contributed by atoms with van der Waals surface area (Å²) >= 11 is 0. The molecule has 198 valence electrons. The maximum absolute atomic E-state index is 13.1. The Kier molecular flexibility index (Phi) is 8.66. The van der Waals surface area contributed by atoms with Crippen LogP contribution in [-0.2, 0) is 14.3 Å². The molecule has 2 aromatic rings. The summed E-state index contributed by atoms with van der Waals surface area (Å²) in [4.78, 5) is 57.6. The normalized spacial score (nSPS) is 14.0. The molecule has 0 bridgehead atoms. The second-order valence-corrected chi connectivity index (χ2v) is 8.78. The van der Waals surface area contributed by atoms with Crippen molar-refractivity contribution in [1.82, 2.24) is 15.2 Å². The molecule has 3 amide bonds. The lowest BCUT2D eigenvalue weighted by Crippen LogP contribution is -2.38. The SMILES string of the molecule is CCN(C(=O)OCOC(=O)C(C)N)C(=O)c1c[nH]c(C(N)=Nc2cc(C(=O)NC3CC3)ccc2C)c1C. The molecule has 1 aromatic carbocycles. The molecule has 1 unspecified atom stereocenters. The van der Waals surface area contributed by atoms with Crippen LogP contribution in [0.4, 0.5) is 10.5 Å². The van der Waals surface area contributed by atoms with Gasteiger partial charge in [-0.1, -0.05) is 6.07 Å². The molecule has 0 spiro atoms. The first-order valence-electron chi connectivity index (χ1n) is 11.9. The fourth-order valence-electron chi connectivity index (χ4n) is 3.39. The number of aliphatic imine (C=N–C) groups is 1. The average molecular weight is 513 g/mol. The van der Waals surface area contributed by atoms with Crippen molar-refractivity contribution in [2.75, 3.05) is 13.3 Å². The topological polar surface area (TPSA) is 182 Å². The van der Waals surface area contributed by atoms with E-state index in [0.29, 0.717) is 22.5 Å². The molecule has 1 aliphatic rings. The summed E-state index contributed by atoms with van der Waals surface area (Å²) in [5.74, 6) is -1.44. The van der Waals surface area contributed by atoms with E-state index < -0.39 is 30.8 Å². The number of aryl methyl sites for hydroxylation is 1. The van der Waals surface area contributed by atoms with Crippen LogP contribution in [-0.4, -0.2) is 65.0 Å². The van der Waals surface area contributed by atoms with Gasteiger partial charge in [-0.25, -0.2) is 14.7 Å². The Morgan fingerprint density at radius 3 is 2.54 bits per heavy atom. The third kappa shape index (κ3) is 6.73. The summed E-state index contributed by atoms with van der Waals surface area (Å²) in [5, 5.41) is 2.94. The van der Waals surface area contributed by atoms with Crippen LogP contribution < -0.4 is 16.8 Å². The smallest absolute Gasteiger partial charge is 0.419 e. The minimum absolute atomic E-state index is 0.0112. The van der Waals surface area contributed by atoms with Gasteiger partial charge in [0.05, 0.1) is 16.9 Å².